The van der Waals surface area contributed by atoms with Crippen molar-refractivity contribution in [3.05, 3.63) is 82.2 Å². The lowest BCUT2D eigenvalue weighted by Crippen LogP contribution is -2.47. The Bertz CT molecular complexity index is 1040. The van der Waals surface area contributed by atoms with Crippen molar-refractivity contribution in [2.75, 3.05) is 44.3 Å². The molecule has 4 rings (SSSR count). The van der Waals surface area contributed by atoms with Crippen molar-refractivity contribution in [1.29, 1.82) is 0 Å². The van der Waals surface area contributed by atoms with Crippen LogP contribution < -0.4 is 5.32 Å². The average Bonchev–Trinajstić information content (AvgIpc) is 3.27. The normalized spacial score (nSPS) is 16.0. The SMILES string of the molecule is CCc1cc([C@@H](c2ccc(SC)cc2)N2CCN(CC)CC2)c(NC(=O)c2ccccc2)s1. The molecule has 1 fully saturated rings. The summed E-state index contributed by atoms with van der Waals surface area (Å²) in [6.45, 7) is 9.70. The fourth-order valence-electron chi connectivity index (χ4n) is 4.41. The van der Waals surface area contributed by atoms with Crippen molar-refractivity contribution in [3.63, 3.8) is 0 Å². The van der Waals surface area contributed by atoms with Gasteiger partial charge in [-0.3, -0.25) is 9.69 Å². The number of hydrogen-bond donors (Lipinski definition) is 1. The van der Waals surface area contributed by atoms with E-state index in [0.717, 1.165) is 44.1 Å². The van der Waals surface area contributed by atoms with Gasteiger partial charge in [-0.25, -0.2) is 0 Å². The lowest BCUT2D eigenvalue weighted by molar-refractivity contribution is 0.102. The van der Waals surface area contributed by atoms with Gasteiger partial charge in [-0.2, -0.15) is 0 Å². The lowest BCUT2D eigenvalue weighted by atomic mass is 9.97. The number of hydrogen-bond acceptors (Lipinski definition) is 5. The van der Waals surface area contributed by atoms with E-state index in [1.165, 1.54) is 20.9 Å². The summed E-state index contributed by atoms with van der Waals surface area (Å²) in [5.41, 5.74) is 3.18. The number of aryl methyl sites for hydroxylation is 1. The van der Waals surface area contributed by atoms with Gasteiger partial charge in [0.15, 0.2) is 0 Å². The molecule has 1 aliphatic rings. The number of thioether (sulfide) groups is 1. The number of piperazine rings is 1. The Kier molecular flexibility index (Phi) is 8.25. The molecule has 0 saturated carbocycles. The molecule has 1 N–H and O–H groups in total. The molecule has 1 amide bonds. The van der Waals surface area contributed by atoms with E-state index in [-0.39, 0.29) is 11.9 Å². The third kappa shape index (κ3) is 5.69. The van der Waals surface area contributed by atoms with E-state index in [9.17, 15) is 4.79 Å². The Balaban J connectivity index is 1.71. The molecule has 1 atom stereocenters. The van der Waals surface area contributed by atoms with Crippen LogP contribution in [0.1, 0.15) is 46.3 Å². The van der Waals surface area contributed by atoms with E-state index in [1.54, 1.807) is 23.1 Å². The topological polar surface area (TPSA) is 35.6 Å². The predicted octanol–water partition coefficient (Wildman–Crippen LogP) is 6.01. The summed E-state index contributed by atoms with van der Waals surface area (Å²) in [6, 6.07) is 20.9. The second-order valence-corrected chi connectivity index (χ2v) is 10.3. The second kappa shape index (κ2) is 11.3. The maximum Gasteiger partial charge on any atom is 0.256 e. The number of carbonyl (C=O) groups excluding carboxylic acids is 1. The van der Waals surface area contributed by atoms with Gasteiger partial charge in [0.05, 0.1) is 6.04 Å². The summed E-state index contributed by atoms with van der Waals surface area (Å²) >= 11 is 3.47. The molecule has 0 radical (unpaired) electrons. The quantitative estimate of drug-likeness (QED) is 0.401. The molecule has 0 aliphatic carbocycles. The Morgan fingerprint density at radius 1 is 1.03 bits per heavy atom. The molecule has 0 spiro atoms. The van der Waals surface area contributed by atoms with Crippen LogP contribution in [0, 0.1) is 0 Å². The zero-order valence-electron chi connectivity index (χ0n) is 19.7. The summed E-state index contributed by atoms with van der Waals surface area (Å²) in [5, 5.41) is 4.22. The molecule has 0 bridgehead atoms. The fraction of sp³-hybridized carbons (Fsp3) is 0.370. The van der Waals surface area contributed by atoms with E-state index in [2.05, 4.69) is 65.6 Å². The minimum atomic E-state index is -0.0476. The monoisotopic (exact) mass is 479 g/mol. The molecule has 2 aromatic carbocycles. The van der Waals surface area contributed by atoms with Crippen molar-refractivity contribution >= 4 is 34.0 Å². The minimum absolute atomic E-state index is 0.0476. The van der Waals surface area contributed by atoms with E-state index in [0.29, 0.717) is 5.56 Å². The third-order valence-electron chi connectivity index (χ3n) is 6.37. The van der Waals surface area contributed by atoms with Gasteiger partial charge in [-0.15, -0.1) is 23.1 Å². The summed E-state index contributed by atoms with van der Waals surface area (Å²) in [5.74, 6) is -0.0476. The first kappa shape index (κ1) is 24.0. The largest absolute Gasteiger partial charge is 0.313 e. The van der Waals surface area contributed by atoms with Gasteiger partial charge in [0, 0.05) is 47.1 Å². The molecule has 1 saturated heterocycles. The van der Waals surface area contributed by atoms with E-state index >= 15 is 0 Å². The molecule has 0 unspecified atom stereocenters. The Morgan fingerprint density at radius 3 is 2.33 bits per heavy atom. The highest BCUT2D eigenvalue weighted by atomic mass is 32.2. The van der Waals surface area contributed by atoms with Gasteiger partial charge in [-0.1, -0.05) is 44.2 Å². The fourth-order valence-corrected chi connectivity index (χ4v) is 5.84. The number of nitrogens with zero attached hydrogens (tertiary/aromatic N) is 2. The summed E-state index contributed by atoms with van der Waals surface area (Å²) in [6.07, 6.45) is 3.07. The highest BCUT2D eigenvalue weighted by molar-refractivity contribution is 7.98. The van der Waals surface area contributed by atoms with Crippen LogP contribution in [0.5, 0.6) is 0 Å². The number of rotatable bonds is 8. The highest BCUT2D eigenvalue weighted by Crippen LogP contribution is 2.40. The molecule has 33 heavy (non-hydrogen) atoms. The van der Waals surface area contributed by atoms with Crippen LogP contribution in [-0.2, 0) is 6.42 Å². The standard InChI is InChI=1S/C27H33N3OS2/c1-4-22-19-24(27(33-22)28-26(31)21-9-7-6-8-10-21)25(20-11-13-23(32-3)14-12-20)30-17-15-29(5-2)16-18-30/h6-14,19,25H,4-5,15-18H2,1-3H3,(H,28,31)/t25-/m1/s1. The smallest absolute Gasteiger partial charge is 0.256 e. The van der Waals surface area contributed by atoms with Crippen LogP contribution >= 0.6 is 23.1 Å². The Labute approximate surface area is 206 Å². The lowest BCUT2D eigenvalue weighted by Gasteiger charge is -2.39. The second-order valence-electron chi connectivity index (χ2n) is 8.32. The number of likely N-dealkylation sites (N-methyl/N-ethyl adjacent to an activating group) is 1. The first-order chi connectivity index (χ1) is 16.1. The first-order valence-electron chi connectivity index (χ1n) is 11.7. The number of nitrogens with one attached hydrogen (secondary N) is 1. The molecule has 3 aromatic rings. The Morgan fingerprint density at radius 2 is 1.73 bits per heavy atom. The molecule has 174 valence electrons. The van der Waals surface area contributed by atoms with Gasteiger partial charge in [-0.05, 0) is 55.1 Å². The third-order valence-corrected chi connectivity index (χ3v) is 8.32. The van der Waals surface area contributed by atoms with Gasteiger partial charge in [0.1, 0.15) is 5.00 Å². The number of amides is 1. The average molecular weight is 480 g/mol. The Hall–Kier alpha value is -2.12. The van der Waals surface area contributed by atoms with Crippen molar-refractivity contribution in [2.45, 2.75) is 31.2 Å². The molecule has 2 heterocycles. The zero-order valence-corrected chi connectivity index (χ0v) is 21.3. The molecule has 1 aliphatic heterocycles. The molecule has 4 nitrogen and oxygen atoms in total. The summed E-state index contributed by atoms with van der Waals surface area (Å²) in [4.78, 5) is 20.7. The van der Waals surface area contributed by atoms with Gasteiger partial charge in [0.2, 0.25) is 0 Å². The maximum atomic E-state index is 13.0. The zero-order chi connectivity index (χ0) is 23.2. The van der Waals surface area contributed by atoms with Crippen LogP contribution in [0.3, 0.4) is 0 Å². The van der Waals surface area contributed by atoms with Gasteiger partial charge < -0.3 is 10.2 Å². The van der Waals surface area contributed by atoms with Crippen LogP contribution in [-0.4, -0.2) is 54.7 Å². The van der Waals surface area contributed by atoms with E-state index < -0.39 is 0 Å². The number of anilines is 1. The van der Waals surface area contributed by atoms with Crippen LogP contribution in [0.15, 0.2) is 65.6 Å². The van der Waals surface area contributed by atoms with Crippen molar-refractivity contribution in [3.8, 4) is 0 Å². The van der Waals surface area contributed by atoms with Gasteiger partial charge in [0.25, 0.3) is 5.91 Å². The van der Waals surface area contributed by atoms with Crippen molar-refractivity contribution in [1.82, 2.24) is 9.80 Å². The summed E-state index contributed by atoms with van der Waals surface area (Å²) < 4.78 is 0. The minimum Gasteiger partial charge on any atom is -0.313 e. The predicted molar refractivity (Wildman–Crippen MR) is 142 cm³/mol. The van der Waals surface area contributed by atoms with Gasteiger partial charge >= 0.3 is 0 Å². The molecular weight excluding hydrogens is 446 g/mol. The highest BCUT2D eigenvalue weighted by Gasteiger charge is 2.29. The number of carbonyl (C=O) groups is 1. The van der Waals surface area contributed by atoms with E-state index in [1.807, 2.05) is 30.3 Å². The van der Waals surface area contributed by atoms with Crippen molar-refractivity contribution in [2.24, 2.45) is 0 Å². The maximum absolute atomic E-state index is 13.0. The molecular formula is C27H33N3OS2. The van der Waals surface area contributed by atoms with E-state index in [4.69, 9.17) is 0 Å². The van der Waals surface area contributed by atoms with Crippen LogP contribution in [0.2, 0.25) is 0 Å². The first-order valence-corrected chi connectivity index (χ1v) is 13.8. The van der Waals surface area contributed by atoms with Crippen molar-refractivity contribution < 1.29 is 4.79 Å². The summed E-state index contributed by atoms with van der Waals surface area (Å²) in [7, 11) is 0. The molecule has 1 aromatic heterocycles. The molecule has 6 heteroatoms. The number of thiophene rings is 1. The van der Waals surface area contributed by atoms with Crippen LogP contribution in [0.25, 0.3) is 0 Å². The number of benzene rings is 2. The van der Waals surface area contributed by atoms with Crippen LogP contribution in [0.4, 0.5) is 5.00 Å².